The fraction of sp³-hybridized carbons (Fsp3) is 1.00. The predicted octanol–water partition coefficient (Wildman–Crippen LogP) is 10.5. The van der Waals surface area contributed by atoms with Crippen LogP contribution in [0.5, 0.6) is 0 Å². The van der Waals surface area contributed by atoms with Crippen molar-refractivity contribution in [2.45, 2.75) is 163 Å². The predicted molar refractivity (Wildman–Crippen MR) is 124 cm³/mol. The molecule has 0 aliphatic rings. The molecule has 0 saturated carbocycles. The molecule has 0 unspecified atom stereocenters. The van der Waals surface area contributed by atoms with Gasteiger partial charge in [0, 0.05) is 0 Å². The van der Waals surface area contributed by atoms with E-state index < -0.39 is 0 Å². The lowest BCUT2D eigenvalue weighted by atomic mass is 10.0. The molecule has 0 heterocycles. The van der Waals surface area contributed by atoms with E-state index in [0.29, 0.717) is 0 Å². The average molecular weight is 369 g/mol. The second-order valence-electron chi connectivity index (χ2n) is 8.84. The lowest BCUT2D eigenvalue weighted by Crippen LogP contribution is -1.87. The summed E-state index contributed by atoms with van der Waals surface area (Å²) >= 11 is 0. The van der Waals surface area contributed by atoms with E-state index in [9.17, 15) is 0 Å². The third-order valence-electron chi connectivity index (χ3n) is 5.34. The van der Waals surface area contributed by atoms with Crippen molar-refractivity contribution in [2.24, 2.45) is 5.92 Å². The highest BCUT2D eigenvalue weighted by Gasteiger charge is 1.94. The van der Waals surface area contributed by atoms with Gasteiger partial charge in [0.25, 0.3) is 0 Å². The van der Waals surface area contributed by atoms with E-state index in [0.717, 1.165) is 5.92 Å². The van der Waals surface area contributed by atoms with E-state index in [2.05, 4.69) is 34.6 Å². The van der Waals surface area contributed by atoms with Crippen LogP contribution in [0.15, 0.2) is 0 Å². The molecule has 0 aliphatic carbocycles. The summed E-state index contributed by atoms with van der Waals surface area (Å²) in [6, 6.07) is 0. The molecule has 0 saturated heterocycles. The molecule has 0 amide bonds. The zero-order chi connectivity index (χ0) is 19.7. The molecule has 0 atom stereocenters. The van der Waals surface area contributed by atoms with E-state index in [1.165, 1.54) is 128 Å². The van der Waals surface area contributed by atoms with E-state index in [1.54, 1.807) is 0 Å². The largest absolute Gasteiger partial charge is 0.0654 e. The van der Waals surface area contributed by atoms with Crippen molar-refractivity contribution < 1.29 is 0 Å². The Labute approximate surface area is 169 Å². The van der Waals surface area contributed by atoms with Crippen LogP contribution in [-0.4, -0.2) is 0 Å². The highest BCUT2D eigenvalue weighted by Crippen LogP contribution is 2.13. The molecule has 0 aromatic rings. The molecule has 0 spiro atoms. The van der Waals surface area contributed by atoms with Gasteiger partial charge in [0.2, 0.25) is 0 Å². The van der Waals surface area contributed by atoms with Crippen LogP contribution in [0.25, 0.3) is 0 Å². The Morgan fingerprint density at radius 2 is 0.577 bits per heavy atom. The minimum Gasteiger partial charge on any atom is -0.0654 e. The SMILES string of the molecule is CCCCCCCCCCCC.CCCCCCCCCCCC(C)C. The quantitative estimate of drug-likeness (QED) is 0.199. The fourth-order valence-electron chi connectivity index (χ4n) is 3.42. The van der Waals surface area contributed by atoms with Gasteiger partial charge in [0.15, 0.2) is 0 Å². The van der Waals surface area contributed by atoms with E-state index >= 15 is 0 Å². The van der Waals surface area contributed by atoms with Crippen molar-refractivity contribution in [1.82, 2.24) is 0 Å². The normalized spacial score (nSPS) is 10.8. The monoisotopic (exact) mass is 368 g/mol. The summed E-state index contributed by atoms with van der Waals surface area (Å²) in [4.78, 5) is 0. The number of rotatable bonds is 19. The molecule has 0 nitrogen and oxygen atoms in total. The highest BCUT2D eigenvalue weighted by molar-refractivity contribution is 4.49. The Balaban J connectivity index is 0. The molecule has 160 valence electrons. The second-order valence-corrected chi connectivity index (χ2v) is 8.84. The van der Waals surface area contributed by atoms with Crippen molar-refractivity contribution in [2.75, 3.05) is 0 Å². The summed E-state index contributed by atoms with van der Waals surface area (Å²) in [6.45, 7) is 11.5. The molecular weight excluding hydrogens is 312 g/mol. The van der Waals surface area contributed by atoms with Gasteiger partial charge in [-0.1, -0.05) is 163 Å². The minimum atomic E-state index is 0.902. The fourth-order valence-corrected chi connectivity index (χ4v) is 3.42. The number of hydrogen-bond acceptors (Lipinski definition) is 0. The molecule has 0 heteroatoms. The zero-order valence-corrected chi connectivity index (χ0v) is 19.7. The summed E-state index contributed by atoms with van der Waals surface area (Å²) in [5.74, 6) is 0.902. The van der Waals surface area contributed by atoms with Crippen molar-refractivity contribution in [1.29, 1.82) is 0 Å². The maximum atomic E-state index is 2.32. The molecule has 0 aromatic carbocycles. The Morgan fingerprint density at radius 1 is 0.346 bits per heavy atom. The third-order valence-corrected chi connectivity index (χ3v) is 5.34. The Kier molecular flexibility index (Phi) is 29.5. The van der Waals surface area contributed by atoms with Crippen LogP contribution >= 0.6 is 0 Å². The number of hydrogen-bond donors (Lipinski definition) is 0. The summed E-state index contributed by atoms with van der Waals surface area (Å²) < 4.78 is 0. The Bertz CT molecular complexity index is 196. The van der Waals surface area contributed by atoms with Gasteiger partial charge in [-0.05, 0) is 5.92 Å². The van der Waals surface area contributed by atoms with Crippen LogP contribution in [0.1, 0.15) is 163 Å². The van der Waals surface area contributed by atoms with Gasteiger partial charge in [-0.25, -0.2) is 0 Å². The van der Waals surface area contributed by atoms with Gasteiger partial charge in [-0.15, -0.1) is 0 Å². The third kappa shape index (κ3) is 31.7. The van der Waals surface area contributed by atoms with E-state index in [1.807, 2.05) is 0 Å². The van der Waals surface area contributed by atoms with Crippen LogP contribution in [0.3, 0.4) is 0 Å². The van der Waals surface area contributed by atoms with Crippen molar-refractivity contribution >= 4 is 0 Å². The standard InChI is InChI=1S/C14H30.C12H26/c1-4-5-6-7-8-9-10-11-12-13-14(2)3;1-3-5-7-9-11-12-10-8-6-4-2/h14H,4-13H2,1-3H3;3-12H2,1-2H3. The molecule has 0 radical (unpaired) electrons. The smallest absolute Gasteiger partial charge is 0.0471 e. The lowest BCUT2D eigenvalue weighted by Gasteiger charge is -2.04. The van der Waals surface area contributed by atoms with Crippen LogP contribution in [0.4, 0.5) is 0 Å². The first-order valence-corrected chi connectivity index (χ1v) is 12.7. The average Bonchev–Trinajstić information content (AvgIpc) is 2.63. The van der Waals surface area contributed by atoms with E-state index in [-0.39, 0.29) is 0 Å². The van der Waals surface area contributed by atoms with Gasteiger partial charge < -0.3 is 0 Å². The van der Waals surface area contributed by atoms with Gasteiger partial charge in [0.1, 0.15) is 0 Å². The maximum absolute atomic E-state index is 2.32. The summed E-state index contributed by atoms with van der Waals surface area (Å²) in [7, 11) is 0. The van der Waals surface area contributed by atoms with Gasteiger partial charge in [-0.2, -0.15) is 0 Å². The van der Waals surface area contributed by atoms with Crippen LogP contribution < -0.4 is 0 Å². The lowest BCUT2D eigenvalue weighted by molar-refractivity contribution is 0.507. The first kappa shape index (κ1) is 28.2. The van der Waals surface area contributed by atoms with Gasteiger partial charge >= 0.3 is 0 Å². The summed E-state index contributed by atoms with van der Waals surface area (Å²) in [5.41, 5.74) is 0. The molecule has 26 heavy (non-hydrogen) atoms. The first-order valence-electron chi connectivity index (χ1n) is 12.7. The summed E-state index contributed by atoms with van der Waals surface area (Å²) in [5, 5.41) is 0. The van der Waals surface area contributed by atoms with Crippen molar-refractivity contribution in [3.63, 3.8) is 0 Å². The van der Waals surface area contributed by atoms with Crippen LogP contribution in [0, 0.1) is 5.92 Å². The summed E-state index contributed by atoms with van der Waals surface area (Å²) in [6.07, 6.45) is 28.9. The molecule has 0 N–H and O–H groups in total. The van der Waals surface area contributed by atoms with Gasteiger partial charge in [-0.3, -0.25) is 0 Å². The highest BCUT2D eigenvalue weighted by atomic mass is 14.0. The number of unbranched alkanes of at least 4 members (excludes halogenated alkanes) is 17. The van der Waals surface area contributed by atoms with E-state index in [4.69, 9.17) is 0 Å². The minimum absolute atomic E-state index is 0.902. The van der Waals surface area contributed by atoms with Crippen molar-refractivity contribution in [3.8, 4) is 0 Å². The molecule has 0 aromatic heterocycles. The molecule has 0 bridgehead atoms. The Hall–Kier alpha value is 0. The topological polar surface area (TPSA) is 0 Å². The zero-order valence-electron chi connectivity index (χ0n) is 19.7. The van der Waals surface area contributed by atoms with Gasteiger partial charge in [0.05, 0.1) is 0 Å². The Morgan fingerprint density at radius 3 is 0.808 bits per heavy atom. The molecule has 0 rings (SSSR count). The van der Waals surface area contributed by atoms with Crippen LogP contribution in [0.2, 0.25) is 0 Å². The molecule has 0 aliphatic heterocycles. The maximum Gasteiger partial charge on any atom is -0.0471 e. The molecule has 0 fully saturated rings. The first-order chi connectivity index (χ1) is 12.7. The molecular formula is C26H56. The van der Waals surface area contributed by atoms with Crippen molar-refractivity contribution in [3.05, 3.63) is 0 Å². The second kappa shape index (κ2) is 27.2. The van der Waals surface area contributed by atoms with Crippen LogP contribution in [-0.2, 0) is 0 Å².